The summed E-state index contributed by atoms with van der Waals surface area (Å²) in [5, 5.41) is 3.50. The summed E-state index contributed by atoms with van der Waals surface area (Å²) < 4.78 is 31.4. The zero-order valence-corrected chi connectivity index (χ0v) is 15.2. The Hall–Kier alpha value is -1.95. The number of fused-ring (bicyclic) bond motifs is 1. The van der Waals surface area contributed by atoms with E-state index in [0.29, 0.717) is 23.2 Å². The van der Waals surface area contributed by atoms with Crippen molar-refractivity contribution < 1.29 is 8.78 Å². The second kappa shape index (κ2) is 6.75. The molecule has 1 aliphatic rings. The van der Waals surface area contributed by atoms with Crippen LogP contribution in [0.4, 0.5) is 14.6 Å². The van der Waals surface area contributed by atoms with E-state index in [2.05, 4.69) is 26.2 Å². The zero-order chi connectivity index (χ0) is 17.4. The number of halogens is 3. The highest BCUT2D eigenvalue weighted by Crippen LogP contribution is 2.35. The third-order valence-electron chi connectivity index (χ3n) is 4.75. The van der Waals surface area contributed by atoms with E-state index in [1.165, 1.54) is 37.5 Å². The van der Waals surface area contributed by atoms with Gasteiger partial charge in [0.25, 0.3) is 0 Å². The first-order chi connectivity index (χ1) is 12.1. The first-order valence-electron chi connectivity index (χ1n) is 8.52. The molecule has 25 heavy (non-hydrogen) atoms. The summed E-state index contributed by atoms with van der Waals surface area (Å²) in [4.78, 5) is 4.54. The molecule has 1 aliphatic carbocycles. The molecule has 0 bridgehead atoms. The summed E-state index contributed by atoms with van der Waals surface area (Å²) in [5.74, 6) is -0.565. The third kappa shape index (κ3) is 3.03. The minimum atomic E-state index is -0.605. The molecule has 0 radical (unpaired) electrons. The van der Waals surface area contributed by atoms with Crippen LogP contribution in [0.3, 0.4) is 0 Å². The van der Waals surface area contributed by atoms with E-state index >= 15 is 0 Å². The normalized spacial score (nSPS) is 15.6. The summed E-state index contributed by atoms with van der Waals surface area (Å²) in [7, 11) is 0. The van der Waals surface area contributed by atoms with Gasteiger partial charge in [-0.2, -0.15) is 0 Å². The second-order valence-corrected chi connectivity index (χ2v) is 7.29. The number of hydrogen-bond donors (Lipinski definition) is 1. The lowest BCUT2D eigenvalue weighted by Gasteiger charge is -2.24. The van der Waals surface area contributed by atoms with Gasteiger partial charge in [0, 0.05) is 12.2 Å². The standard InChI is InChI=1S/C19H18BrF2N3/c20-13-8-5-11-25-18(13)24-17(16-14(21)9-4-10-15(16)22)19(25)23-12-6-2-1-3-7-12/h4-5,8-12,23H,1-3,6-7H2. The molecular formula is C19H18BrF2N3. The van der Waals surface area contributed by atoms with Gasteiger partial charge in [0.05, 0.1) is 10.0 Å². The van der Waals surface area contributed by atoms with Crippen molar-refractivity contribution in [3.8, 4) is 11.3 Å². The van der Waals surface area contributed by atoms with Crippen LogP contribution in [0.2, 0.25) is 0 Å². The number of pyridine rings is 1. The van der Waals surface area contributed by atoms with E-state index in [0.717, 1.165) is 17.3 Å². The Bertz CT molecular complexity index is 896. The number of rotatable bonds is 3. The summed E-state index contributed by atoms with van der Waals surface area (Å²) in [6.45, 7) is 0. The van der Waals surface area contributed by atoms with Gasteiger partial charge in [0.1, 0.15) is 23.1 Å². The van der Waals surface area contributed by atoms with Gasteiger partial charge in [-0.1, -0.05) is 25.3 Å². The molecule has 1 saturated carbocycles. The molecule has 3 aromatic rings. The Kier molecular flexibility index (Phi) is 4.46. The Balaban J connectivity index is 1.90. The molecule has 0 aliphatic heterocycles. The van der Waals surface area contributed by atoms with Gasteiger partial charge in [-0.25, -0.2) is 13.8 Å². The van der Waals surface area contributed by atoms with E-state index in [4.69, 9.17) is 0 Å². The molecule has 130 valence electrons. The highest BCUT2D eigenvalue weighted by Gasteiger charge is 2.24. The van der Waals surface area contributed by atoms with Crippen molar-refractivity contribution in [3.63, 3.8) is 0 Å². The van der Waals surface area contributed by atoms with Crippen LogP contribution in [0, 0.1) is 11.6 Å². The molecule has 4 rings (SSSR count). The predicted molar refractivity (Wildman–Crippen MR) is 98.7 cm³/mol. The lowest BCUT2D eigenvalue weighted by molar-refractivity contribution is 0.461. The highest BCUT2D eigenvalue weighted by molar-refractivity contribution is 9.10. The number of aromatic nitrogens is 2. The Morgan fingerprint density at radius 2 is 1.76 bits per heavy atom. The Morgan fingerprint density at radius 3 is 2.48 bits per heavy atom. The molecule has 1 fully saturated rings. The summed E-state index contributed by atoms with van der Waals surface area (Å²) in [5.41, 5.74) is 0.864. The molecule has 6 heteroatoms. The van der Waals surface area contributed by atoms with Crippen molar-refractivity contribution in [2.45, 2.75) is 38.1 Å². The van der Waals surface area contributed by atoms with E-state index in [1.807, 2.05) is 22.7 Å². The fourth-order valence-electron chi connectivity index (χ4n) is 3.51. The maximum atomic E-state index is 14.4. The number of benzene rings is 1. The van der Waals surface area contributed by atoms with Gasteiger partial charge >= 0.3 is 0 Å². The largest absolute Gasteiger partial charge is 0.367 e. The summed E-state index contributed by atoms with van der Waals surface area (Å²) in [6.07, 6.45) is 7.55. The second-order valence-electron chi connectivity index (χ2n) is 6.43. The van der Waals surface area contributed by atoms with Crippen LogP contribution >= 0.6 is 15.9 Å². The molecular weight excluding hydrogens is 388 g/mol. The number of nitrogens with zero attached hydrogens (tertiary/aromatic N) is 2. The van der Waals surface area contributed by atoms with E-state index < -0.39 is 11.6 Å². The van der Waals surface area contributed by atoms with Crippen molar-refractivity contribution in [2.75, 3.05) is 5.32 Å². The van der Waals surface area contributed by atoms with Crippen molar-refractivity contribution in [1.29, 1.82) is 0 Å². The van der Waals surface area contributed by atoms with Crippen molar-refractivity contribution in [3.05, 3.63) is 52.6 Å². The number of anilines is 1. The van der Waals surface area contributed by atoms with Gasteiger partial charge in [-0.15, -0.1) is 0 Å². The summed E-state index contributed by atoms with van der Waals surface area (Å²) >= 11 is 3.48. The number of hydrogen-bond acceptors (Lipinski definition) is 2. The Morgan fingerprint density at radius 1 is 1.04 bits per heavy atom. The first-order valence-corrected chi connectivity index (χ1v) is 9.32. The maximum absolute atomic E-state index is 14.4. The number of nitrogens with one attached hydrogen (secondary N) is 1. The zero-order valence-electron chi connectivity index (χ0n) is 13.6. The molecule has 0 atom stereocenters. The highest BCUT2D eigenvalue weighted by atomic mass is 79.9. The average molecular weight is 406 g/mol. The molecule has 1 N–H and O–H groups in total. The smallest absolute Gasteiger partial charge is 0.153 e. The van der Waals surface area contributed by atoms with Gasteiger partial charge in [-0.05, 0) is 53.0 Å². The van der Waals surface area contributed by atoms with Crippen LogP contribution in [-0.2, 0) is 0 Å². The van der Waals surface area contributed by atoms with Crippen LogP contribution < -0.4 is 5.32 Å². The van der Waals surface area contributed by atoms with Gasteiger partial charge < -0.3 is 5.32 Å². The van der Waals surface area contributed by atoms with Crippen LogP contribution in [-0.4, -0.2) is 15.4 Å². The fraction of sp³-hybridized carbons (Fsp3) is 0.316. The molecule has 0 spiro atoms. The van der Waals surface area contributed by atoms with E-state index in [9.17, 15) is 8.78 Å². The van der Waals surface area contributed by atoms with Crippen LogP contribution in [0.25, 0.3) is 16.9 Å². The van der Waals surface area contributed by atoms with Crippen molar-refractivity contribution in [1.82, 2.24) is 9.38 Å². The Labute approximate surface area is 153 Å². The monoisotopic (exact) mass is 405 g/mol. The van der Waals surface area contributed by atoms with Crippen molar-refractivity contribution in [2.24, 2.45) is 0 Å². The van der Waals surface area contributed by atoms with E-state index in [1.54, 1.807) is 0 Å². The topological polar surface area (TPSA) is 29.3 Å². The molecule has 1 aromatic carbocycles. The number of imidazole rings is 1. The minimum absolute atomic E-state index is 0.0867. The average Bonchev–Trinajstić information content (AvgIpc) is 2.96. The summed E-state index contributed by atoms with van der Waals surface area (Å²) in [6, 6.07) is 7.94. The molecule has 3 nitrogen and oxygen atoms in total. The van der Waals surface area contributed by atoms with Crippen LogP contribution in [0.5, 0.6) is 0 Å². The first kappa shape index (κ1) is 16.5. The van der Waals surface area contributed by atoms with Gasteiger partial charge in [0.2, 0.25) is 0 Å². The molecule has 0 unspecified atom stereocenters. The molecule has 0 amide bonds. The molecule has 0 saturated heterocycles. The van der Waals surface area contributed by atoms with Crippen LogP contribution in [0.1, 0.15) is 32.1 Å². The SMILES string of the molecule is Fc1cccc(F)c1-c1nc2c(Br)cccn2c1NC1CCCCC1. The minimum Gasteiger partial charge on any atom is -0.367 e. The van der Waals surface area contributed by atoms with Gasteiger partial charge in [-0.3, -0.25) is 4.40 Å². The molecule has 2 aromatic heterocycles. The maximum Gasteiger partial charge on any atom is 0.153 e. The van der Waals surface area contributed by atoms with E-state index in [-0.39, 0.29) is 5.56 Å². The van der Waals surface area contributed by atoms with Gasteiger partial charge in [0.15, 0.2) is 5.65 Å². The third-order valence-corrected chi connectivity index (χ3v) is 5.37. The fourth-order valence-corrected chi connectivity index (χ4v) is 3.94. The molecule has 2 heterocycles. The van der Waals surface area contributed by atoms with Crippen molar-refractivity contribution >= 4 is 27.4 Å². The predicted octanol–water partition coefficient (Wildman–Crippen LogP) is 5.79. The lowest BCUT2D eigenvalue weighted by atomic mass is 9.95. The quantitative estimate of drug-likeness (QED) is 0.597. The lowest BCUT2D eigenvalue weighted by Crippen LogP contribution is -2.23. The van der Waals surface area contributed by atoms with Crippen LogP contribution in [0.15, 0.2) is 41.0 Å².